The molecule has 1 atom stereocenters. The third-order valence-corrected chi connectivity index (χ3v) is 3.42. The normalized spacial score (nSPS) is 12.9. The minimum Gasteiger partial charge on any atom is -0.383 e. The van der Waals surface area contributed by atoms with Gasteiger partial charge in [0.05, 0.1) is 10.9 Å². The molecule has 0 saturated carbocycles. The van der Waals surface area contributed by atoms with E-state index in [1.807, 2.05) is 25.1 Å². The van der Waals surface area contributed by atoms with Gasteiger partial charge < -0.3 is 5.32 Å². The average Bonchev–Trinajstić information content (AvgIpc) is 2.35. The van der Waals surface area contributed by atoms with Crippen LogP contribution in [-0.4, -0.2) is 16.9 Å². The van der Waals surface area contributed by atoms with Crippen molar-refractivity contribution in [3.63, 3.8) is 0 Å². The summed E-state index contributed by atoms with van der Waals surface area (Å²) < 4.78 is 0. The third kappa shape index (κ3) is 3.84. The molecule has 0 aliphatic heterocycles. The van der Waals surface area contributed by atoms with Crippen LogP contribution in [0, 0.1) is 12.8 Å². The quantitative estimate of drug-likeness (QED) is 0.807. The molecule has 0 amide bonds. The molecule has 3 heteroatoms. The topological polar surface area (TPSA) is 24.9 Å². The summed E-state index contributed by atoms with van der Waals surface area (Å²) in [5, 5.41) is 4.78. The maximum absolute atomic E-state index is 6.34. The number of nitrogens with one attached hydrogen (secondary N) is 1. The molecule has 2 nitrogen and oxygen atoms in total. The molecule has 0 saturated heterocycles. The van der Waals surface area contributed by atoms with E-state index < -0.39 is 0 Å². The lowest BCUT2D eigenvalue weighted by Gasteiger charge is -2.15. The highest BCUT2D eigenvalue weighted by Gasteiger charge is 2.09. The van der Waals surface area contributed by atoms with Gasteiger partial charge >= 0.3 is 0 Å². The molecule has 0 radical (unpaired) electrons. The Balaban J connectivity index is 2.16. The van der Waals surface area contributed by atoms with E-state index in [-0.39, 0.29) is 5.38 Å². The standard InChI is InChI=1S/C16H21ClN2/c1-11(2)8-13(17)10-18-16-9-12(3)19-15-7-5-4-6-14(15)16/h4-7,9,11,13H,8,10H2,1-3H3,(H,18,19). The van der Waals surface area contributed by atoms with Crippen molar-refractivity contribution in [1.29, 1.82) is 0 Å². The molecule has 2 aromatic rings. The van der Waals surface area contributed by atoms with Crippen molar-refractivity contribution >= 4 is 28.2 Å². The van der Waals surface area contributed by atoms with Crippen LogP contribution >= 0.6 is 11.6 Å². The Morgan fingerprint density at radius 3 is 2.74 bits per heavy atom. The van der Waals surface area contributed by atoms with E-state index in [4.69, 9.17) is 11.6 Å². The molecule has 0 aliphatic carbocycles. The molecular weight excluding hydrogens is 256 g/mol. The zero-order valence-electron chi connectivity index (χ0n) is 11.8. The van der Waals surface area contributed by atoms with Gasteiger partial charge in [-0.25, -0.2) is 0 Å². The van der Waals surface area contributed by atoms with Crippen molar-refractivity contribution in [2.45, 2.75) is 32.6 Å². The summed E-state index contributed by atoms with van der Waals surface area (Å²) in [5.41, 5.74) is 3.17. The van der Waals surface area contributed by atoms with Crippen LogP contribution in [-0.2, 0) is 0 Å². The zero-order chi connectivity index (χ0) is 13.8. The Morgan fingerprint density at radius 1 is 1.26 bits per heavy atom. The second-order valence-electron chi connectivity index (χ2n) is 5.44. The van der Waals surface area contributed by atoms with Crippen LogP contribution in [0.15, 0.2) is 30.3 Å². The Kier molecular flexibility index (Phi) is 4.65. The number of pyridine rings is 1. The Hall–Kier alpha value is -1.28. The predicted molar refractivity (Wildman–Crippen MR) is 84.1 cm³/mol. The van der Waals surface area contributed by atoms with Gasteiger partial charge in [-0.2, -0.15) is 0 Å². The molecule has 1 aromatic heterocycles. The zero-order valence-corrected chi connectivity index (χ0v) is 12.5. The van der Waals surface area contributed by atoms with Crippen molar-refractivity contribution in [1.82, 2.24) is 4.98 Å². The molecule has 0 fully saturated rings. The summed E-state index contributed by atoms with van der Waals surface area (Å²) in [6.07, 6.45) is 1.02. The first-order chi connectivity index (χ1) is 9.06. The summed E-state index contributed by atoms with van der Waals surface area (Å²) in [6.45, 7) is 7.19. The number of benzene rings is 1. The van der Waals surface area contributed by atoms with E-state index in [0.29, 0.717) is 5.92 Å². The number of fused-ring (bicyclic) bond motifs is 1. The maximum atomic E-state index is 6.34. The third-order valence-electron chi connectivity index (χ3n) is 3.09. The van der Waals surface area contributed by atoms with Crippen LogP contribution < -0.4 is 5.32 Å². The molecule has 1 N–H and O–H groups in total. The highest BCUT2D eigenvalue weighted by Crippen LogP contribution is 2.23. The summed E-state index contributed by atoms with van der Waals surface area (Å²) in [4.78, 5) is 4.54. The largest absolute Gasteiger partial charge is 0.383 e. The number of alkyl halides is 1. The van der Waals surface area contributed by atoms with Crippen LogP contribution in [0.1, 0.15) is 26.0 Å². The fourth-order valence-electron chi connectivity index (χ4n) is 2.27. The monoisotopic (exact) mass is 276 g/mol. The van der Waals surface area contributed by atoms with Crippen LogP contribution in [0.2, 0.25) is 0 Å². The van der Waals surface area contributed by atoms with Gasteiger partial charge in [0.15, 0.2) is 0 Å². The summed E-state index contributed by atoms with van der Waals surface area (Å²) in [7, 11) is 0. The summed E-state index contributed by atoms with van der Waals surface area (Å²) in [5.74, 6) is 0.625. The highest BCUT2D eigenvalue weighted by atomic mass is 35.5. The lowest BCUT2D eigenvalue weighted by molar-refractivity contribution is 0.572. The first kappa shape index (κ1) is 14.1. The smallest absolute Gasteiger partial charge is 0.0725 e. The van der Waals surface area contributed by atoms with Gasteiger partial charge in [0, 0.05) is 23.3 Å². The number of anilines is 1. The number of aromatic nitrogens is 1. The van der Waals surface area contributed by atoms with E-state index in [1.54, 1.807) is 0 Å². The number of nitrogens with zero attached hydrogens (tertiary/aromatic N) is 1. The second-order valence-corrected chi connectivity index (χ2v) is 6.05. The number of hydrogen-bond acceptors (Lipinski definition) is 2. The molecular formula is C16H21ClN2. The van der Waals surface area contributed by atoms with Crippen LogP contribution in [0.3, 0.4) is 0 Å². The molecule has 102 valence electrons. The fourth-order valence-corrected chi connectivity index (χ4v) is 2.70. The predicted octanol–water partition coefficient (Wildman–Crippen LogP) is 4.61. The minimum atomic E-state index is 0.159. The molecule has 0 bridgehead atoms. The van der Waals surface area contributed by atoms with E-state index in [9.17, 15) is 0 Å². The number of aryl methyl sites for hydroxylation is 1. The molecule has 0 spiro atoms. The lowest BCUT2D eigenvalue weighted by atomic mass is 10.1. The molecule has 2 rings (SSSR count). The van der Waals surface area contributed by atoms with Crippen molar-refractivity contribution in [3.8, 4) is 0 Å². The summed E-state index contributed by atoms with van der Waals surface area (Å²) in [6, 6.07) is 10.3. The molecule has 1 unspecified atom stereocenters. The second kappa shape index (κ2) is 6.25. The van der Waals surface area contributed by atoms with Crippen molar-refractivity contribution in [3.05, 3.63) is 36.0 Å². The van der Waals surface area contributed by atoms with Crippen LogP contribution in [0.25, 0.3) is 10.9 Å². The highest BCUT2D eigenvalue weighted by molar-refractivity contribution is 6.21. The number of halogens is 1. The average molecular weight is 277 g/mol. The van der Waals surface area contributed by atoms with Crippen molar-refractivity contribution in [2.75, 3.05) is 11.9 Å². The Morgan fingerprint density at radius 2 is 2.00 bits per heavy atom. The van der Waals surface area contributed by atoms with E-state index in [0.717, 1.165) is 35.2 Å². The van der Waals surface area contributed by atoms with Gasteiger partial charge in [-0.05, 0) is 31.4 Å². The van der Waals surface area contributed by atoms with Gasteiger partial charge in [0.1, 0.15) is 0 Å². The van der Waals surface area contributed by atoms with Gasteiger partial charge in [0.25, 0.3) is 0 Å². The van der Waals surface area contributed by atoms with Gasteiger partial charge in [-0.1, -0.05) is 32.0 Å². The van der Waals surface area contributed by atoms with E-state index in [1.165, 1.54) is 0 Å². The minimum absolute atomic E-state index is 0.159. The summed E-state index contributed by atoms with van der Waals surface area (Å²) >= 11 is 6.34. The van der Waals surface area contributed by atoms with Crippen molar-refractivity contribution in [2.24, 2.45) is 5.92 Å². The number of hydrogen-bond donors (Lipinski definition) is 1. The molecule has 0 aliphatic rings. The Labute approximate surface area is 120 Å². The number of rotatable bonds is 5. The number of para-hydroxylation sites is 1. The van der Waals surface area contributed by atoms with E-state index in [2.05, 4.69) is 36.3 Å². The maximum Gasteiger partial charge on any atom is 0.0725 e. The van der Waals surface area contributed by atoms with Gasteiger partial charge in [-0.15, -0.1) is 11.6 Å². The van der Waals surface area contributed by atoms with E-state index >= 15 is 0 Å². The molecule has 1 heterocycles. The van der Waals surface area contributed by atoms with Gasteiger partial charge in [-0.3, -0.25) is 4.98 Å². The molecule has 1 aromatic carbocycles. The fraction of sp³-hybridized carbons (Fsp3) is 0.438. The lowest BCUT2D eigenvalue weighted by Crippen LogP contribution is -2.16. The first-order valence-electron chi connectivity index (χ1n) is 6.80. The van der Waals surface area contributed by atoms with Crippen LogP contribution in [0.5, 0.6) is 0 Å². The van der Waals surface area contributed by atoms with Crippen LogP contribution in [0.4, 0.5) is 5.69 Å². The first-order valence-corrected chi connectivity index (χ1v) is 7.24. The SMILES string of the molecule is Cc1cc(NCC(Cl)CC(C)C)c2ccccc2n1. The molecule has 19 heavy (non-hydrogen) atoms. The Bertz CT molecular complexity index is 551. The van der Waals surface area contributed by atoms with Gasteiger partial charge in [0.2, 0.25) is 0 Å². The van der Waals surface area contributed by atoms with Crippen molar-refractivity contribution < 1.29 is 0 Å².